The molecule has 0 amide bonds. The summed E-state index contributed by atoms with van der Waals surface area (Å²) in [6, 6.07) is 9.31. The van der Waals surface area contributed by atoms with Crippen LogP contribution in [0.15, 0.2) is 60.3 Å². The summed E-state index contributed by atoms with van der Waals surface area (Å²) in [4.78, 5) is 15.7. The average Bonchev–Trinajstić information content (AvgIpc) is 2.85. The Bertz CT molecular complexity index is 1070. The van der Waals surface area contributed by atoms with Crippen LogP contribution < -0.4 is 5.73 Å². The van der Waals surface area contributed by atoms with Crippen molar-refractivity contribution in [2.24, 2.45) is 5.73 Å². The quantitative estimate of drug-likeness (QED) is 0.747. The molecule has 0 bridgehead atoms. The molecular weight excluding hydrogens is 401 g/mol. The van der Waals surface area contributed by atoms with Gasteiger partial charge in [0, 0.05) is 11.8 Å². The molecule has 0 saturated carbocycles. The Kier molecular flexibility index (Phi) is 4.67. The minimum atomic E-state index is -4.72. The van der Waals surface area contributed by atoms with Crippen LogP contribution in [0, 0.1) is 0 Å². The molecule has 7 nitrogen and oxygen atoms in total. The van der Waals surface area contributed by atoms with Gasteiger partial charge in [-0.3, -0.25) is 9.78 Å². The molecule has 2 aromatic rings. The van der Waals surface area contributed by atoms with Gasteiger partial charge in [-0.15, -0.1) is 0 Å². The average molecular weight is 415 g/mol. The number of nitrogens with zero attached hydrogens (tertiary/aromatic N) is 1. The van der Waals surface area contributed by atoms with Crippen LogP contribution in [0.1, 0.15) is 24.3 Å². The van der Waals surface area contributed by atoms with Crippen molar-refractivity contribution in [3.63, 3.8) is 0 Å². The van der Waals surface area contributed by atoms with E-state index < -0.39 is 51.2 Å². The van der Waals surface area contributed by atoms with Gasteiger partial charge in [0.05, 0.1) is 1.37 Å². The third-order valence-electron chi connectivity index (χ3n) is 3.56. The summed E-state index contributed by atoms with van der Waals surface area (Å²) in [5.41, 5.74) is 4.27. The monoisotopic (exact) mass is 415 g/mol. The number of rotatable bonds is 5. The molecule has 1 aromatic heterocycles. The molecule has 2 heterocycles. The maximum absolute atomic E-state index is 12.6. The fourth-order valence-electron chi connectivity index (χ4n) is 2.32. The number of nitrogens with two attached hydrogens (primary N) is 1. The molecule has 1 unspecified atom stereocenters. The van der Waals surface area contributed by atoms with Gasteiger partial charge in [-0.25, -0.2) is 0 Å². The lowest BCUT2D eigenvalue weighted by Crippen LogP contribution is -2.16. The van der Waals surface area contributed by atoms with Crippen molar-refractivity contribution < 1.29 is 36.7 Å². The highest BCUT2D eigenvalue weighted by molar-refractivity contribution is 7.86. The van der Waals surface area contributed by atoms with Crippen molar-refractivity contribution in [2.75, 3.05) is 0 Å². The summed E-state index contributed by atoms with van der Waals surface area (Å²) in [7, 11) is -4.33. The van der Waals surface area contributed by atoms with E-state index in [-0.39, 0.29) is 5.56 Å². The van der Waals surface area contributed by atoms with Crippen molar-refractivity contribution in [2.45, 2.75) is 18.0 Å². The molecule has 1 aliphatic rings. The Morgan fingerprint density at radius 3 is 2.46 bits per heavy atom. The predicted octanol–water partition coefficient (Wildman–Crippen LogP) is 2.42. The van der Waals surface area contributed by atoms with Crippen LogP contribution in [0.3, 0.4) is 0 Å². The second kappa shape index (κ2) is 7.15. The number of pyridine rings is 1. The lowest BCUT2D eigenvalue weighted by Gasteiger charge is -2.11. The number of hydrogen-bond donors (Lipinski definition) is 1. The highest BCUT2D eigenvalue weighted by Gasteiger charge is 2.40. The van der Waals surface area contributed by atoms with Crippen molar-refractivity contribution in [3.8, 4) is 0 Å². The smallest absolute Gasteiger partial charge is 0.433 e. The minimum Gasteiger partial charge on any atom is -0.460 e. The number of ether oxygens (including phenoxy) is 1. The van der Waals surface area contributed by atoms with E-state index in [0.29, 0.717) is 17.8 Å². The summed E-state index contributed by atoms with van der Waals surface area (Å²) >= 11 is 0. The highest BCUT2D eigenvalue weighted by atomic mass is 32.2. The molecular formula is C17H13F3N2O5S. The van der Waals surface area contributed by atoms with E-state index in [9.17, 15) is 26.4 Å². The molecule has 0 fully saturated rings. The predicted molar refractivity (Wildman–Crippen MR) is 89.4 cm³/mol. The molecule has 0 spiro atoms. The second-order valence-electron chi connectivity index (χ2n) is 5.65. The first kappa shape index (κ1) is 18.3. The second-order valence-corrected chi connectivity index (χ2v) is 7.23. The number of halogens is 3. The fourth-order valence-corrected chi connectivity index (χ4v) is 3.39. The van der Waals surface area contributed by atoms with E-state index in [2.05, 4.69) is 4.98 Å². The fraction of sp³-hybridized carbons (Fsp3) is 0.176. The Hall–Kier alpha value is -3.08. The zero-order chi connectivity index (χ0) is 21.4. The van der Waals surface area contributed by atoms with E-state index in [1.165, 1.54) is 12.1 Å². The summed E-state index contributed by atoms with van der Waals surface area (Å²) in [6.07, 6.45) is -6.72. The van der Waals surface area contributed by atoms with Crippen LogP contribution >= 0.6 is 0 Å². The number of alkyl halides is 3. The van der Waals surface area contributed by atoms with Crippen LogP contribution in [0.25, 0.3) is 0 Å². The molecule has 2 N–H and O–H groups in total. The Labute approximate surface area is 159 Å². The van der Waals surface area contributed by atoms with Gasteiger partial charge in [0.15, 0.2) is 6.08 Å². The van der Waals surface area contributed by atoms with E-state index >= 15 is 0 Å². The molecule has 1 atom stereocenters. The van der Waals surface area contributed by atoms with Gasteiger partial charge in [0.1, 0.15) is 11.4 Å². The van der Waals surface area contributed by atoms with Crippen molar-refractivity contribution in [1.29, 1.82) is 0 Å². The van der Waals surface area contributed by atoms with Gasteiger partial charge in [-0.1, -0.05) is 36.4 Å². The molecule has 11 heteroatoms. The van der Waals surface area contributed by atoms with Crippen molar-refractivity contribution in [3.05, 3.63) is 77.1 Å². The van der Waals surface area contributed by atoms with E-state index in [1.54, 1.807) is 18.2 Å². The largest absolute Gasteiger partial charge is 0.460 e. The number of carbonyl (C=O) groups is 1. The van der Waals surface area contributed by atoms with Crippen LogP contribution in [0.2, 0.25) is 0 Å². The van der Waals surface area contributed by atoms with E-state index in [4.69, 9.17) is 16.0 Å². The number of hydrogen-bond acceptors (Lipinski definition) is 7. The first-order valence-corrected chi connectivity index (χ1v) is 9.23. The molecule has 28 heavy (non-hydrogen) atoms. The van der Waals surface area contributed by atoms with Gasteiger partial charge in [-0.2, -0.15) is 21.6 Å². The molecule has 0 saturated heterocycles. The molecule has 148 valence electrons. The minimum absolute atomic E-state index is 0.377. The topological polar surface area (TPSA) is 109 Å². The first-order chi connectivity index (χ1) is 13.4. The van der Waals surface area contributed by atoms with Crippen molar-refractivity contribution in [1.82, 2.24) is 4.98 Å². The van der Waals surface area contributed by atoms with E-state index in [0.717, 1.165) is 6.07 Å². The number of Topliss-reactive ketones (excluding diaryl/α,β-unsaturated/α-hetero) is 1. The van der Waals surface area contributed by atoms with Crippen LogP contribution in [0.5, 0.6) is 0 Å². The number of ketones is 1. The van der Waals surface area contributed by atoms with Crippen molar-refractivity contribution >= 4 is 15.9 Å². The maximum atomic E-state index is 12.6. The normalized spacial score (nSPS) is 20.7. The van der Waals surface area contributed by atoms with Gasteiger partial charge in [0.25, 0.3) is 0 Å². The number of benzene rings is 1. The Balaban J connectivity index is 1.83. The summed E-state index contributed by atoms with van der Waals surface area (Å²) < 4.78 is 80.2. The highest BCUT2D eigenvalue weighted by Crippen LogP contribution is 2.34. The first-order valence-electron chi connectivity index (χ1n) is 8.16. The molecule has 3 rings (SSSR count). The SMILES string of the molecule is [2H]C1(c2ccc(C(F)(F)F)nc2)OC(N)=C(OS(=O)(=O)Cc2ccccc2)C1=O. The Morgan fingerprint density at radius 1 is 1.21 bits per heavy atom. The maximum Gasteiger partial charge on any atom is 0.433 e. The van der Waals surface area contributed by atoms with Crippen LogP contribution in [-0.2, 0) is 35.8 Å². The van der Waals surface area contributed by atoms with Crippen LogP contribution in [0.4, 0.5) is 13.2 Å². The lowest BCUT2D eigenvalue weighted by molar-refractivity contribution is -0.141. The standard InChI is InChI=1S/C17H13F3N2O5S/c18-17(19,20)12-7-6-11(8-22-12)14-13(23)15(16(21)26-14)27-28(24,25)9-10-4-2-1-3-5-10/h1-8,14H,9,21H2/i14D. The van der Waals surface area contributed by atoms with E-state index in [1.807, 2.05) is 0 Å². The molecule has 1 aromatic carbocycles. The number of aromatic nitrogens is 1. The zero-order valence-electron chi connectivity index (χ0n) is 14.9. The summed E-state index contributed by atoms with van der Waals surface area (Å²) in [5.74, 6) is -3.56. The third kappa shape index (κ3) is 4.25. The molecule has 0 aliphatic carbocycles. The summed E-state index contributed by atoms with van der Waals surface area (Å²) in [5, 5.41) is 0. The Morgan fingerprint density at radius 2 is 1.89 bits per heavy atom. The van der Waals surface area contributed by atoms with Gasteiger partial charge < -0.3 is 14.7 Å². The molecule has 0 radical (unpaired) electrons. The molecule has 1 aliphatic heterocycles. The third-order valence-corrected chi connectivity index (χ3v) is 4.67. The number of carbonyl (C=O) groups excluding carboxylic acids is 1. The van der Waals surface area contributed by atoms with Gasteiger partial charge in [-0.05, 0) is 11.6 Å². The zero-order valence-corrected chi connectivity index (χ0v) is 14.8. The van der Waals surface area contributed by atoms with Gasteiger partial charge in [0.2, 0.25) is 17.4 Å². The van der Waals surface area contributed by atoms with Gasteiger partial charge >= 0.3 is 16.3 Å². The summed E-state index contributed by atoms with van der Waals surface area (Å²) in [6.45, 7) is 0. The van der Waals surface area contributed by atoms with Crippen LogP contribution in [-0.4, -0.2) is 19.2 Å². The lowest BCUT2D eigenvalue weighted by atomic mass is 10.1.